The Morgan fingerprint density at radius 1 is 1.44 bits per heavy atom. The lowest BCUT2D eigenvalue weighted by molar-refractivity contribution is 0.0791. The first-order valence-electron chi connectivity index (χ1n) is 6.35. The molecule has 0 radical (unpaired) electrons. The molecule has 0 aliphatic carbocycles. The van der Waals surface area contributed by atoms with Gasteiger partial charge in [-0.2, -0.15) is 0 Å². The summed E-state index contributed by atoms with van der Waals surface area (Å²) in [5, 5.41) is 0. The fourth-order valence-electron chi connectivity index (χ4n) is 2.14. The Morgan fingerprint density at radius 3 is 3.00 bits per heavy atom. The lowest BCUT2D eigenvalue weighted by Gasteiger charge is -2.11. The molecule has 1 saturated heterocycles. The molecule has 1 heterocycles. The predicted octanol–water partition coefficient (Wildman–Crippen LogP) is 1.71. The number of hydrogen-bond donors (Lipinski definition) is 1. The molecule has 0 amide bonds. The Bertz CT molecular complexity index is 375. The van der Waals surface area contributed by atoms with Gasteiger partial charge in [0.25, 0.3) is 0 Å². The van der Waals surface area contributed by atoms with Crippen LogP contribution in [0.4, 0.5) is 0 Å². The molecule has 100 valence electrons. The average molecular weight is 251 g/mol. The van der Waals surface area contributed by atoms with Crippen molar-refractivity contribution in [1.29, 1.82) is 0 Å². The first-order chi connectivity index (χ1) is 8.83. The molecule has 0 bridgehead atoms. The molecular formula is C14H21NO3. The van der Waals surface area contributed by atoms with Crippen LogP contribution < -0.4 is 10.5 Å². The summed E-state index contributed by atoms with van der Waals surface area (Å²) in [5.41, 5.74) is 7.84. The third-order valence-electron chi connectivity index (χ3n) is 3.21. The molecule has 1 aromatic rings. The van der Waals surface area contributed by atoms with Crippen LogP contribution in [0.15, 0.2) is 18.2 Å². The number of benzene rings is 1. The SMILES string of the molecule is COc1ccc(COCC2CCOC2)cc1CN. The molecule has 1 aromatic carbocycles. The standard InChI is InChI=1S/C14H21NO3/c1-16-14-3-2-11(6-13(14)7-15)8-18-10-12-4-5-17-9-12/h2-3,6,12H,4-5,7-10,15H2,1H3. The van der Waals surface area contributed by atoms with E-state index in [1.54, 1.807) is 7.11 Å². The molecule has 2 N–H and O–H groups in total. The molecular weight excluding hydrogens is 230 g/mol. The average Bonchev–Trinajstić information content (AvgIpc) is 2.91. The van der Waals surface area contributed by atoms with E-state index in [2.05, 4.69) is 0 Å². The van der Waals surface area contributed by atoms with Crippen LogP contribution in [-0.2, 0) is 22.6 Å². The summed E-state index contributed by atoms with van der Waals surface area (Å²) in [6.07, 6.45) is 1.11. The van der Waals surface area contributed by atoms with Crippen LogP contribution in [0.3, 0.4) is 0 Å². The van der Waals surface area contributed by atoms with Crippen LogP contribution in [0.5, 0.6) is 5.75 Å². The maximum absolute atomic E-state index is 5.71. The van der Waals surface area contributed by atoms with Crippen molar-refractivity contribution in [3.63, 3.8) is 0 Å². The number of rotatable bonds is 6. The fourth-order valence-corrected chi connectivity index (χ4v) is 2.14. The monoisotopic (exact) mass is 251 g/mol. The van der Waals surface area contributed by atoms with Gasteiger partial charge in [-0.05, 0) is 24.1 Å². The smallest absolute Gasteiger partial charge is 0.123 e. The molecule has 1 fully saturated rings. The van der Waals surface area contributed by atoms with Gasteiger partial charge in [0.15, 0.2) is 0 Å². The van der Waals surface area contributed by atoms with Crippen molar-refractivity contribution < 1.29 is 14.2 Å². The zero-order chi connectivity index (χ0) is 12.8. The van der Waals surface area contributed by atoms with Crippen molar-refractivity contribution in [3.8, 4) is 5.75 Å². The highest BCUT2D eigenvalue weighted by Crippen LogP contribution is 2.20. The molecule has 1 unspecified atom stereocenters. The fraction of sp³-hybridized carbons (Fsp3) is 0.571. The molecule has 0 saturated carbocycles. The third-order valence-corrected chi connectivity index (χ3v) is 3.21. The van der Waals surface area contributed by atoms with Gasteiger partial charge in [0.1, 0.15) is 5.75 Å². The summed E-state index contributed by atoms with van der Waals surface area (Å²) in [7, 11) is 1.66. The summed E-state index contributed by atoms with van der Waals surface area (Å²) >= 11 is 0. The van der Waals surface area contributed by atoms with Gasteiger partial charge in [0, 0.05) is 24.6 Å². The van der Waals surface area contributed by atoms with Crippen molar-refractivity contribution in [3.05, 3.63) is 29.3 Å². The van der Waals surface area contributed by atoms with Crippen molar-refractivity contribution in [2.45, 2.75) is 19.6 Å². The van der Waals surface area contributed by atoms with Crippen LogP contribution in [-0.4, -0.2) is 26.9 Å². The predicted molar refractivity (Wildman–Crippen MR) is 69.5 cm³/mol. The van der Waals surface area contributed by atoms with Crippen LogP contribution in [0.2, 0.25) is 0 Å². The topological polar surface area (TPSA) is 53.7 Å². The van der Waals surface area contributed by atoms with E-state index in [0.717, 1.165) is 43.1 Å². The number of methoxy groups -OCH3 is 1. The molecule has 4 heteroatoms. The zero-order valence-corrected chi connectivity index (χ0v) is 10.9. The largest absolute Gasteiger partial charge is 0.496 e. The second kappa shape index (κ2) is 6.73. The highest BCUT2D eigenvalue weighted by molar-refractivity contribution is 5.36. The molecule has 2 rings (SSSR count). The number of nitrogens with two attached hydrogens (primary N) is 1. The molecule has 0 aromatic heterocycles. The maximum atomic E-state index is 5.71. The Morgan fingerprint density at radius 2 is 2.33 bits per heavy atom. The van der Waals surface area contributed by atoms with Crippen LogP contribution >= 0.6 is 0 Å². The maximum Gasteiger partial charge on any atom is 0.123 e. The minimum atomic E-state index is 0.480. The normalized spacial score (nSPS) is 19.1. The molecule has 0 spiro atoms. The summed E-state index contributed by atoms with van der Waals surface area (Å²) < 4.78 is 16.3. The van der Waals surface area contributed by atoms with E-state index in [4.69, 9.17) is 19.9 Å². The van der Waals surface area contributed by atoms with Crippen molar-refractivity contribution in [2.24, 2.45) is 11.7 Å². The van der Waals surface area contributed by atoms with Crippen LogP contribution in [0.1, 0.15) is 17.5 Å². The second-order valence-corrected chi connectivity index (χ2v) is 4.60. The third kappa shape index (κ3) is 3.45. The lowest BCUT2D eigenvalue weighted by Crippen LogP contribution is -2.09. The van der Waals surface area contributed by atoms with E-state index in [1.807, 2.05) is 18.2 Å². The van der Waals surface area contributed by atoms with E-state index in [-0.39, 0.29) is 0 Å². The van der Waals surface area contributed by atoms with Crippen molar-refractivity contribution >= 4 is 0 Å². The van der Waals surface area contributed by atoms with Gasteiger partial charge in [-0.1, -0.05) is 6.07 Å². The second-order valence-electron chi connectivity index (χ2n) is 4.60. The van der Waals surface area contributed by atoms with Gasteiger partial charge in [-0.15, -0.1) is 0 Å². The van der Waals surface area contributed by atoms with Crippen molar-refractivity contribution in [2.75, 3.05) is 26.9 Å². The lowest BCUT2D eigenvalue weighted by atomic mass is 10.1. The van der Waals surface area contributed by atoms with E-state index < -0.39 is 0 Å². The van der Waals surface area contributed by atoms with Gasteiger partial charge in [-0.3, -0.25) is 0 Å². The minimum Gasteiger partial charge on any atom is -0.496 e. The van der Waals surface area contributed by atoms with Gasteiger partial charge in [-0.25, -0.2) is 0 Å². The highest BCUT2D eigenvalue weighted by Gasteiger charge is 2.15. The first kappa shape index (κ1) is 13.3. The Balaban J connectivity index is 1.84. The quantitative estimate of drug-likeness (QED) is 0.836. The molecule has 4 nitrogen and oxygen atoms in total. The number of hydrogen-bond acceptors (Lipinski definition) is 4. The molecule has 1 aliphatic rings. The van der Waals surface area contributed by atoms with E-state index in [9.17, 15) is 0 Å². The van der Waals surface area contributed by atoms with E-state index >= 15 is 0 Å². The van der Waals surface area contributed by atoms with Gasteiger partial charge >= 0.3 is 0 Å². The first-order valence-corrected chi connectivity index (χ1v) is 6.35. The van der Waals surface area contributed by atoms with Gasteiger partial charge < -0.3 is 19.9 Å². The van der Waals surface area contributed by atoms with Crippen molar-refractivity contribution in [1.82, 2.24) is 0 Å². The zero-order valence-electron chi connectivity index (χ0n) is 10.9. The van der Waals surface area contributed by atoms with E-state index in [1.165, 1.54) is 0 Å². The van der Waals surface area contributed by atoms with Gasteiger partial charge in [0.05, 0.1) is 26.9 Å². The molecule has 1 aliphatic heterocycles. The minimum absolute atomic E-state index is 0.480. The van der Waals surface area contributed by atoms with E-state index in [0.29, 0.717) is 19.1 Å². The summed E-state index contributed by atoms with van der Waals surface area (Å²) in [6.45, 7) is 3.56. The molecule has 1 atom stereocenters. The summed E-state index contributed by atoms with van der Waals surface area (Å²) in [5.74, 6) is 1.39. The highest BCUT2D eigenvalue weighted by atomic mass is 16.5. The Hall–Kier alpha value is -1.10. The van der Waals surface area contributed by atoms with Crippen LogP contribution in [0.25, 0.3) is 0 Å². The van der Waals surface area contributed by atoms with Crippen LogP contribution in [0, 0.1) is 5.92 Å². The summed E-state index contributed by atoms with van der Waals surface area (Å²) in [4.78, 5) is 0. The Labute approximate surface area is 108 Å². The number of ether oxygens (including phenoxy) is 3. The summed E-state index contributed by atoms with van der Waals surface area (Å²) in [6, 6.07) is 6.01. The molecule has 18 heavy (non-hydrogen) atoms. The van der Waals surface area contributed by atoms with Gasteiger partial charge in [0.2, 0.25) is 0 Å². The Kier molecular flexibility index (Phi) is 4.99.